The zero-order chi connectivity index (χ0) is 14.5. The van der Waals surface area contributed by atoms with E-state index >= 15 is 0 Å². The molecule has 0 aromatic heterocycles. The summed E-state index contributed by atoms with van der Waals surface area (Å²) < 4.78 is 4.72. The summed E-state index contributed by atoms with van der Waals surface area (Å²) in [5.41, 5.74) is 6.39. The average molecular weight is 271 g/mol. The lowest BCUT2D eigenvalue weighted by Gasteiger charge is -2.05. The molecule has 0 radical (unpaired) electrons. The molecule has 0 saturated carbocycles. The Bertz CT molecular complexity index is 638. The zero-order valence-corrected chi connectivity index (χ0v) is 10.6. The molecule has 0 amide bonds. The van der Waals surface area contributed by atoms with Crippen LogP contribution in [0.3, 0.4) is 0 Å². The molecular formula is C15H13NO4. The molecule has 5 nitrogen and oxygen atoms in total. The van der Waals surface area contributed by atoms with E-state index in [1.807, 2.05) is 6.07 Å². The van der Waals surface area contributed by atoms with Crippen LogP contribution in [0.4, 0.5) is 5.69 Å². The van der Waals surface area contributed by atoms with Gasteiger partial charge in [-0.05, 0) is 23.8 Å². The molecular weight excluding hydrogens is 258 g/mol. The van der Waals surface area contributed by atoms with Crippen molar-refractivity contribution in [1.29, 1.82) is 0 Å². The summed E-state index contributed by atoms with van der Waals surface area (Å²) in [7, 11) is 0. The van der Waals surface area contributed by atoms with Crippen LogP contribution in [-0.2, 0) is 16.0 Å². The lowest BCUT2D eigenvalue weighted by molar-refractivity contribution is -0.137. The Morgan fingerprint density at radius 1 is 1.10 bits per heavy atom. The molecule has 0 fully saturated rings. The molecule has 5 heteroatoms. The maximum atomic E-state index is 11.7. The summed E-state index contributed by atoms with van der Waals surface area (Å²) in [4.78, 5) is 23.4. The number of aromatic hydroxyl groups is 1. The van der Waals surface area contributed by atoms with Gasteiger partial charge in [0, 0.05) is 0 Å². The molecule has 0 aliphatic carbocycles. The van der Waals surface area contributed by atoms with E-state index in [-0.39, 0.29) is 23.4 Å². The van der Waals surface area contributed by atoms with Crippen LogP contribution < -0.4 is 5.73 Å². The van der Waals surface area contributed by atoms with Gasteiger partial charge in [0.25, 0.3) is 0 Å². The Morgan fingerprint density at radius 2 is 1.80 bits per heavy atom. The minimum atomic E-state index is -0.794. The number of esters is 2. The van der Waals surface area contributed by atoms with Crippen molar-refractivity contribution in [2.75, 3.05) is 5.73 Å². The highest BCUT2D eigenvalue weighted by Crippen LogP contribution is 2.20. The predicted octanol–water partition coefficient (Wildman–Crippen LogP) is 1.90. The molecule has 3 N–H and O–H groups in total. The van der Waals surface area contributed by atoms with E-state index in [0.29, 0.717) is 0 Å². The summed E-state index contributed by atoms with van der Waals surface area (Å²) in [6.45, 7) is 0. The number of phenols is 1. The Labute approximate surface area is 115 Å². The maximum absolute atomic E-state index is 11.7. The molecule has 0 saturated heterocycles. The van der Waals surface area contributed by atoms with Gasteiger partial charge in [-0.3, -0.25) is 4.79 Å². The number of anilines is 1. The third kappa shape index (κ3) is 3.35. The summed E-state index contributed by atoms with van der Waals surface area (Å²) in [6, 6.07) is 12.8. The molecule has 0 bridgehead atoms. The van der Waals surface area contributed by atoms with Gasteiger partial charge in [-0.2, -0.15) is 0 Å². The minimum Gasteiger partial charge on any atom is -0.506 e. The number of carbonyl (C=O) groups excluding carboxylic acids is 2. The lowest BCUT2D eigenvalue weighted by Crippen LogP contribution is -2.14. The number of nitrogens with two attached hydrogens (primary N) is 1. The first-order valence-corrected chi connectivity index (χ1v) is 5.93. The summed E-state index contributed by atoms with van der Waals surface area (Å²) in [5, 5.41) is 9.26. The van der Waals surface area contributed by atoms with E-state index in [1.165, 1.54) is 18.2 Å². The Balaban J connectivity index is 2.00. The number of phenolic OH excluding ortho intramolecular Hbond substituents is 1. The van der Waals surface area contributed by atoms with Crippen molar-refractivity contribution in [1.82, 2.24) is 0 Å². The number of carbonyl (C=O) groups is 2. The normalized spacial score (nSPS) is 10.0. The summed E-state index contributed by atoms with van der Waals surface area (Å²) >= 11 is 0. The third-order valence-corrected chi connectivity index (χ3v) is 2.66. The van der Waals surface area contributed by atoms with Crippen molar-refractivity contribution in [3.05, 3.63) is 59.7 Å². The molecule has 0 spiro atoms. The van der Waals surface area contributed by atoms with Crippen LogP contribution in [-0.4, -0.2) is 17.0 Å². The highest BCUT2D eigenvalue weighted by Gasteiger charge is 2.14. The molecule has 0 aliphatic heterocycles. The molecule has 2 rings (SSSR count). The van der Waals surface area contributed by atoms with E-state index in [0.717, 1.165) is 5.56 Å². The monoisotopic (exact) mass is 271 g/mol. The van der Waals surface area contributed by atoms with Gasteiger partial charge in [0.05, 0.1) is 17.7 Å². The van der Waals surface area contributed by atoms with Crippen molar-refractivity contribution in [2.24, 2.45) is 0 Å². The van der Waals surface area contributed by atoms with Crippen LogP contribution in [0.1, 0.15) is 15.9 Å². The van der Waals surface area contributed by atoms with E-state index in [2.05, 4.69) is 0 Å². The first kappa shape index (κ1) is 13.6. The zero-order valence-electron chi connectivity index (χ0n) is 10.6. The van der Waals surface area contributed by atoms with Crippen LogP contribution in [0.15, 0.2) is 48.5 Å². The van der Waals surface area contributed by atoms with Crippen LogP contribution >= 0.6 is 0 Å². The Hall–Kier alpha value is -2.82. The molecule has 0 unspecified atom stereocenters. The van der Waals surface area contributed by atoms with Crippen molar-refractivity contribution in [3.8, 4) is 5.75 Å². The maximum Gasteiger partial charge on any atom is 0.345 e. The quantitative estimate of drug-likeness (QED) is 0.385. The van der Waals surface area contributed by atoms with Gasteiger partial charge < -0.3 is 15.6 Å². The van der Waals surface area contributed by atoms with Crippen LogP contribution in [0.25, 0.3) is 0 Å². The van der Waals surface area contributed by atoms with Crippen molar-refractivity contribution in [2.45, 2.75) is 6.42 Å². The first-order valence-electron chi connectivity index (χ1n) is 5.93. The number of hydrogen-bond donors (Lipinski definition) is 2. The van der Waals surface area contributed by atoms with Crippen LogP contribution in [0.5, 0.6) is 5.75 Å². The van der Waals surface area contributed by atoms with Gasteiger partial charge in [0.1, 0.15) is 5.75 Å². The first-order chi connectivity index (χ1) is 9.56. The smallest absolute Gasteiger partial charge is 0.345 e. The van der Waals surface area contributed by atoms with Crippen molar-refractivity contribution in [3.63, 3.8) is 0 Å². The van der Waals surface area contributed by atoms with Gasteiger partial charge in [-0.15, -0.1) is 0 Å². The summed E-state index contributed by atoms with van der Waals surface area (Å²) in [6.07, 6.45) is 0.0140. The third-order valence-electron chi connectivity index (χ3n) is 2.66. The Morgan fingerprint density at radius 3 is 2.45 bits per heavy atom. The highest BCUT2D eigenvalue weighted by molar-refractivity contribution is 5.98. The van der Waals surface area contributed by atoms with Crippen LogP contribution in [0, 0.1) is 0 Å². The number of ether oxygens (including phenoxy) is 1. The molecule has 0 aliphatic rings. The van der Waals surface area contributed by atoms with E-state index in [9.17, 15) is 14.7 Å². The van der Waals surface area contributed by atoms with E-state index < -0.39 is 11.9 Å². The molecule has 102 valence electrons. The van der Waals surface area contributed by atoms with Gasteiger partial charge in [-0.25, -0.2) is 4.79 Å². The van der Waals surface area contributed by atoms with Crippen LogP contribution in [0.2, 0.25) is 0 Å². The van der Waals surface area contributed by atoms with Gasteiger partial charge in [0.15, 0.2) is 0 Å². The van der Waals surface area contributed by atoms with Gasteiger partial charge in [0.2, 0.25) is 0 Å². The second-order valence-corrected chi connectivity index (χ2v) is 4.20. The SMILES string of the molecule is Nc1cc(C(=O)OC(=O)Cc2ccccc2)ccc1O. The second-order valence-electron chi connectivity index (χ2n) is 4.20. The largest absolute Gasteiger partial charge is 0.506 e. The minimum absolute atomic E-state index is 0.0140. The number of hydrogen-bond acceptors (Lipinski definition) is 5. The molecule has 2 aromatic carbocycles. The summed E-state index contributed by atoms with van der Waals surface area (Å²) in [5.74, 6) is -1.57. The number of benzene rings is 2. The fourth-order valence-corrected chi connectivity index (χ4v) is 1.64. The average Bonchev–Trinajstić information content (AvgIpc) is 2.42. The molecule has 2 aromatic rings. The molecule has 0 atom stereocenters. The lowest BCUT2D eigenvalue weighted by atomic mass is 10.1. The fraction of sp³-hybridized carbons (Fsp3) is 0.0667. The highest BCUT2D eigenvalue weighted by atomic mass is 16.6. The Kier molecular flexibility index (Phi) is 4.00. The number of rotatable bonds is 3. The van der Waals surface area contributed by atoms with E-state index in [4.69, 9.17) is 10.5 Å². The fourth-order valence-electron chi connectivity index (χ4n) is 1.64. The standard InChI is InChI=1S/C15H13NO4/c16-12-9-11(6-7-13(12)17)15(19)20-14(18)8-10-4-2-1-3-5-10/h1-7,9,17H,8,16H2. The topological polar surface area (TPSA) is 89.6 Å². The van der Waals surface area contributed by atoms with Crippen molar-refractivity contribution < 1.29 is 19.4 Å². The molecule has 0 heterocycles. The predicted molar refractivity (Wildman–Crippen MR) is 73.1 cm³/mol. The molecule has 20 heavy (non-hydrogen) atoms. The number of nitrogen functional groups attached to an aromatic ring is 1. The van der Waals surface area contributed by atoms with E-state index in [1.54, 1.807) is 24.3 Å². The second kappa shape index (κ2) is 5.88. The van der Waals surface area contributed by atoms with Crippen molar-refractivity contribution >= 4 is 17.6 Å². The van der Waals surface area contributed by atoms with Gasteiger partial charge in [-0.1, -0.05) is 30.3 Å². The van der Waals surface area contributed by atoms with Gasteiger partial charge >= 0.3 is 11.9 Å².